The minimum absolute atomic E-state index is 0.0277. The van der Waals surface area contributed by atoms with Gasteiger partial charge in [0.1, 0.15) is 11.5 Å². The van der Waals surface area contributed by atoms with Crippen molar-refractivity contribution in [2.75, 3.05) is 6.61 Å². The van der Waals surface area contributed by atoms with E-state index in [9.17, 15) is 0 Å². The fourth-order valence-electron chi connectivity index (χ4n) is 3.59. The standard InChI is InChI=1S/C21H24N2O2/c1-4-24-16-11-9-15(10-12-16)18-13-19-17-7-5-6-8-20(17)25-21(14(2)3)23(19)22-18/h5-12,14,19,21H,4,13H2,1-3H3/t19-,21+/m0/s1. The molecular weight excluding hydrogens is 312 g/mol. The Kier molecular flexibility index (Phi) is 4.12. The lowest BCUT2D eigenvalue weighted by atomic mass is 9.95. The fourth-order valence-corrected chi connectivity index (χ4v) is 3.59. The molecular formula is C21H24N2O2. The number of hydrogen-bond acceptors (Lipinski definition) is 4. The van der Waals surface area contributed by atoms with Gasteiger partial charge in [-0.1, -0.05) is 32.0 Å². The van der Waals surface area contributed by atoms with Crippen LogP contribution in [-0.2, 0) is 0 Å². The molecule has 2 atom stereocenters. The molecule has 0 fully saturated rings. The molecule has 2 aliphatic rings. The zero-order valence-corrected chi connectivity index (χ0v) is 15.0. The summed E-state index contributed by atoms with van der Waals surface area (Å²) in [5.41, 5.74) is 3.49. The summed E-state index contributed by atoms with van der Waals surface area (Å²) in [6, 6.07) is 16.8. The topological polar surface area (TPSA) is 34.1 Å². The van der Waals surface area contributed by atoms with E-state index in [1.807, 2.05) is 25.1 Å². The number of benzene rings is 2. The lowest BCUT2D eigenvalue weighted by Gasteiger charge is -2.39. The molecule has 130 valence electrons. The molecule has 0 saturated carbocycles. The Bertz CT molecular complexity index is 783. The predicted octanol–water partition coefficient (Wildman–Crippen LogP) is 4.61. The van der Waals surface area contributed by atoms with Gasteiger partial charge in [0.25, 0.3) is 0 Å². The monoisotopic (exact) mass is 336 g/mol. The molecule has 0 saturated heterocycles. The van der Waals surface area contributed by atoms with Gasteiger partial charge in [-0.3, -0.25) is 0 Å². The van der Waals surface area contributed by atoms with Crippen molar-refractivity contribution in [3.05, 3.63) is 59.7 Å². The SMILES string of the molecule is CCOc1ccc(C2=NN3[C@@H](C(C)C)Oc4ccccc4[C@@H]3C2)cc1. The average Bonchev–Trinajstić information content (AvgIpc) is 3.07. The van der Waals surface area contributed by atoms with E-state index in [1.165, 1.54) is 5.56 Å². The van der Waals surface area contributed by atoms with E-state index in [0.717, 1.165) is 29.2 Å². The molecule has 0 N–H and O–H groups in total. The fraction of sp³-hybridized carbons (Fsp3) is 0.381. The van der Waals surface area contributed by atoms with E-state index in [4.69, 9.17) is 14.6 Å². The Morgan fingerprint density at radius 2 is 1.92 bits per heavy atom. The molecule has 2 aromatic carbocycles. The smallest absolute Gasteiger partial charge is 0.190 e. The molecule has 0 radical (unpaired) electrons. The summed E-state index contributed by atoms with van der Waals surface area (Å²) in [6.45, 7) is 7.04. The van der Waals surface area contributed by atoms with Gasteiger partial charge in [0.15, 0.2) is 6.23 Å². The molecule has 4 heteroatoms. The zero-order chi connectivity index (χ0) is 17.4. The number of ether oxygens (including phenoxy) is 2. The van der Waals surface area contributed by atoms with E-state index in [-0.39, 0.29) is 12.3 Å². The molecule has 2 aromatic rings. The minimum Gasteiger partial charge on any atom is -0.494 e. The third kappa shape index (κ3) is 2.86. The van der Waals surface area contributed by atoms with Crippen molar-refractivity contribution in [3.63, 3.8) is 0 Å². The van der Waals surface area contributed by atoms with E-state index < -0.39 is 0 Å². The molecule has 0 aromatic heterocycles. The lowest BCUT2D eigenvalue weighted by molar-refractivity contribution is -0.0461. The van der Waals surface area contributed by atoms with Crippen molar-refractivity contribution in [1.82, 2.24) is 5.01 Å². The van der Waals surface area contributed by atoms with Crippen LogP contribution in [0.15, 0.2) is 53.6 Å². The van der Waals surface area contributed by atoms with E-state index in [1.54, 1.807) is 0 Å². The number of hydrazone groups is 1. The Balaban J connectivity index is 1.66. The van der Waals surface area contributed by atoms with Crippen LogP contribution in [0.3, 0.4) is 0 Å². The molecule has 0 amide bonds. The Morgan fingerprint density at radius 1 is 1.16 bits per heavy atom. The number of hydrogen-bond donors (Lipinski definition) is 0. The quantitative estimate of drug-likeness (QED) is 0.817. The van der Waals surface area contributed by atoms with Gasteiger partial charge in [-0.05, 0) is 42.8 Å². The summed E-state index contributed by atoms with van der Waals surface area (Å²) < 4.78 is 11.8. The van der Waals surface area contributed by atoms with Crippen LogP contribution in [0.25, 0.3) is 0 Å². The largest absolute Gasteiger partial charge is 0.494 e. The van der Waals surface area contributed by atoms with Gasteiger partial charge in [0.2, 0.25) is 0 Å². The number of fused-ring (bicyclic) bond motifs is 3. The van der Waals surface area contributed by atoms with Gasteiger partial charge in [0.05, 0.1) is 18.4 Å². The van der Waals surface area contributed by atoms with Gasteiger partial charge >= 0.3 is 0 Å². The second kappa shape index (κ2) is 6.43. The molecule has 25 heavy (non-hydrogen) atoms. The highest BCUT2D eigenvalue weighted by Crippen LogP contribution is 2.44. The van der Waals surface area contributed by atoms with Gasteiger partial charge in [-0.15, -0.1) is 0 Å². The maximum absolute atomic E-state index is 6.24. The van der Waals surface area contributed by atoms with Crippen LogP contribution >= 0.6 is 0 Å². The summed E-state index contributed by atoms with van der Waals surface area (Å²) in [5.74, 6) is 2.25. The van der Waals surface area contributed by atoms with E-state index in [0.29, 0.717) is 12.5 Å². The van der Waals surface area contributed by atoms with Crippen LogP contribution in [0.2, 0.25) is 0 Å². The van der Waals surface area contributed by atoms with Crippen LogP contribution in [0, 0.1) is 5.92 Å². The van der Waals surface area contributed by atoms with Crippen LogP contribution in [0.4, 0.5) is 0 Å². The first-order chi connectivity index (χ1) is 12.2. The Labute approximate surface area is 149 Å². The van der Waals surface area contributed by atoms with E-state index >= 15 is 0 Å². The maximum atomic E-state index is 6.24. The van der Waals surface area contributed by atoms with Crippen molar-refractivity contribution in [3.8, 4) is 11.5 Å². The normalized spacial score (nSPS) is 21.4. The van der Waals surface area contributed by atoms with Crippen molar-refractivity contribution < 1.29 is 9.47 Å². The first-order valence-electron chi connectivity index (χ1n) is 9.02. The predicted molar refractivity (Wildman–Crippen MR) is 99.0 cm³/mol. The van der Waals surface area contributed by atoms with Crippen LogP contribution in [-0.4, -0.2) is 23.6 Å². The first kappa shape index (κ1) is 16.0. The summed E-state index contributed by atoms with van der Waals surface area (Å²) in [5, 5.41) is 7.09. The van der Waals surface area contributed by atoms with Crippen molar-refractivity contribution in [1.29, 1.82) is 0 Å². The van der Waals surface area contributed by atoms with Crippen molar-refractivity contribution in [2.24, 2.45) is 11.0 Å². The molecule has 2 heterocycles. The number of rotatable bonds is 4. The molecule has 0 bridgehead atoms. The average molecular weight is 336 g/mol. The van der Waals surface area contributed by atoms with Gasteiger partial charge in [0, 0.05) is 17.9 Å². The zero-order valence-electron chi connectivity index (χ0n) is 15.0. The van der Waals surface area contributed by atoms with Gasteiger partial charge < -0.3 is 9.47 Å². The highest BCUT2D eigenvalue weighted by Gasteiger charge is 2.41. The lowest BCUT2D eigenvalue weighted by Crippen LogP contribution is -2.43. The molecule has 0 unspecified atom stereocenters. The second-order valence-corrected chi connectivity index (χ2v) is 6.89. The number of nitrogens with zero attached hydrogens (tertiary/aromatic N) is 2. The second-order valence-electron chi connectivity index (χ2n) is 6.89. The van der Waals surface area contributed by atoms with Crippen molar-refractivity contribution in [2.45, 2.75) is 39.5 Å². The first-order valence-corrected chi connectivity index (χ1v) is 9.02. The van der Waals surface area contributed by atoms with E-state index in [2.05, 4.69) is 49.2 Å². The van der Waals surface area contributed by atoms with Crippen LogP contribution in [0.5, 0.6) is 11.5 Å². The van der Waals surface area contributed by atoms with Crippen LogP contribution < -0.4 is 9.47 Å². The molecule has 2 aliphatic heterocycles. The molecule has 4 nitrogen and oxygen atoms in total. The number of para-hydroxylation sites is 1. The molecule has 0 aliphatic carbocycles. The highest BCUT2D eigenvalue weighted by atomic mass is 16.5. The summed E-state index contributed by atoms with van der Waals surface area (Å²) in [6.07, 6.45) is 0.873. The van der Waals surface area contributed by atoms with Crippen molar-refractivity contribution >= 4 is 5.71 Å². The Hall–Kier alpha value is -2.49. The third-order valence-electron chi connectivity index (χ3n) is 4.80. The minimum atomic E-state index is -0.0277. The maximum Gasteiger partial charge on any atom is 0.190 e. The Morgan fingerprint density at radius 3 is 2.64 bits per heavy atom. The summed E-state index contributed by atoms with van der Waals surface area (Å²) >= 11 is 0. The molecule has 4 rings (SSSR count). The third-order valence-corrected chi connectivity index (χ3v) is 4.80. The van der Waals surface area contributed by atoms with Crippen LogP contribution in [0.1, 0.15) is 44.4 Å². The molecule has 0 spiro atoms. The van der Waals surface area contributed by atoms with Gasteiger partial charge in [-0.2, -0.15) is 5.10 Å². The summed E-state index contributed by atoms with van der Waals surface area (Å²) in [4.78, 5) is 0. The summed E-state index contributed by atoms with van der Waals surface area (Å²) in [7, 11) is 0. The van der Waals surface area contributed by atoms with Gasteiger partial charge in [-0.25, -0.2) is 5.01 Å². The highest BCUT2D eigenvalue weighted by molar-refractivity contribution is 6.02.